The summed E-state index contributed by atoms with van der Waals surface area (Å²) >= 11 is 1.29. The highest BCUT2D eigenvalue weighted by atomic mass is 32.2. The number of ketones is 1. The first-order chi connectivity index (χ1) is 14.5. The normalized spacial score (nSPS) is 21.6. The molecule has 1 heterocycles. The molecule has 0 aliphatic heterocycles. The van der Waals surface area contributed by atoms with Gasteiger partial charge >= 0.3 is 0 Å². The average molecular weight is 425 g/mol. The molecule has 1 fully saturated rings. The van der Waals surface area contributed by atoms with Crippen molar-refractivity contribution in [2.75, 3.05) is 5.75 Å². The highest BCUT2D eigenvalue weighted by Gasteiger charge is 2.31. The van der Waals surface area contributed by atoms with E-state index in [0.29, 0.717) is 33.5 Å². The van der Waals surface area contributed by atoms with Crippen LogP contribution in [-0.4, -0.2) is 21.1 Å². The fourth-order valence-corrected chi connectivity index (χ4v) is 5.23. The standard InChI is InChI=1S/C24H25FN2O2S/c1-15-6-5-9-21(16(15)2)27-23(29)19-7-3-4-8-20(19)26-24(27)30-14-22(28)17-10-12-18(25)13-11-17/h3-4,7-8,10-13,15-16,21H,5-6,9,14H2,1-2H3/t15-,16-,21-/m1/s1. The second kappa shape index (κ2) is 8.72. The van der Waals surface area contributed by atoms with Crippen LogP contribution in [0.5, 0.6) is 0 Å². The second-order valence-electron chi connectivity index (χ2n) is 8.14. The Hall–Kier alpha value is -2.47. The Bertz CT molecular complexity index is 1130. The van der Waals surface area contributed by atoms with Crippen molar-refractivity contribution in [1.82, 2.24) is 9.55 Å². The number of hydrogen-bond donors (Lipinski definition) is 0. The number of nitrogens with zero attached hydrogens (tertiary/aromatic N) is 2. The SMILES string of the molecule is C[C@@H]1[C@H](C)CCC[C@H]1n1c(SCC(=O)c2ccc(F)cc2)nc2ccccc2c1=O. The van der Waals surface area contributed by atoms with Crippen LogP contribution in [-0.2, 0) is 0 Å². The highest BCUT2D eigenvalue weighted by molar-refractivity contribution is 7.99. The lowest BCUT2D eigenvalue weighted by Crippen LogP contribution is -2.35. The van der Waals surface area contributed by atoms with Crippen LogP contribution in [0.15, 0.2) is 58.5 Å². The zero-order chi connectivity index (χ0) is 21.3. The van der Waals surface area contributed by atoms with E-state index < -0.39 is 0 Å². The number of carbonyl (C=O) groups is 1. The monoisotopic (exact) mass is 424 g/mol. The van der Waals surface area contributed by atoms with Gasteiger partial charge in [-0.3, -0.25) is 14.2 Å². The third-order valence-corrected chi connectivity index (χ3v) is 7.22. The number of hydrogen-bond acceptors (Lipinski definition) is 4. The minimum absolute atomic E-state index is 0.0386. The molecule has 2 aromatic carbocycles. The molecule has 0 saturated heterocycles. The summed E-state index contributed by atoms with van der Waals surface area (Å²) in [7, 11) is 0. The van der Waals surface area contributed by atoms with Gasteiger partial charge < -0.3 is 0 Å². The molecular formula is C24H25FN2O2S. The molecule has 0 bridgehead atoms. The van der Waals surface area contributed by atoms with Crippen molar-refractivity contribution in [3.05, 3.63) is 70.3 Å². The molecule has 0 spiro atoms. The fraction of sp³-hybridized carbons (Fsp3) is 0.375. The molecule has 1 aliphatic rings. The van der Waals surface area contributed by atoms with Gasteiger partial charge in [-0.25, -0.2) is 9.37 Å². The Morgan fingerprint density at radius 3 is 2.63 bits per heavy atom. The lowest BCUT2D eigenvalue weighted by molar-refractivity contribution is 0.102. The van der Waals surface area contributed by atoms with E-state index in [1.807, 2.05) is 28.8 Å². The van der Waals surface area contributed by atoms with Gasteiger partial charge in [0.1, 0.15) is 5.82 Å². The summed E-state index contributed by atoms with van der Waals surface area (Å²) in [6.45, 7) is 4.44. The Morgan fingerprint density at radius 1 is 1.13 bits per heavy atom. The van der Waals surface area contributed by atoms with Gasteiger partial charge in [0.15, 0.2) is 10.9 Å². The topological polar surface area (TPSA) is 52.0 Å². The summed E-state index contributed by atoms with van der Waals surface area (Å²) in [5.74, 6) is 0.545. The molecule has 156 valence electrons. The first-order valence-corrected chi connectivity index (χ1v) is 11.4. The lowest BCUT2D eigenvalue weighted by Gasteiger charge is -2.36. The molecule has 1 saturated carbocycles. The molecule has 0 radical (unpaired) electrons. The van der Waals surface area contributed by atoms with Crippen LogP contribution in [0.1, 0.15) is 49.5 Å². The van der Waals surface area contributed by atoms with E-state index in [2.05, 4.69) is 13.8 Å². The molecule has 3 aromatic rings. The average Bonchev–Trinajstić information content (AvgIpc) is 2.75. The molecule has 6 heteroatoms. The van der Waals surface area contributed by atoms with Crippen molar-refractivity contribution in [3.63, 3.8) is 0 Å². The summed E-state index contributed by atoms with van der Waals surface area (Å²) < 4.78 is 15.0. The summed E-state index contributed by atoms with van der Waals surface area (Å²) in [5, 5.41) is 1.19. The van der Waals surface area contributed by atoms with Gasteiger partial charge in [0.05, 0.1) is 16.7 Å². The number of fused-ring (bicyclic) bond motifs is 1. The van der Waals surface area contributed by atoms with E-state index in [1.54, 1.807) is 0 Å². The zero-order valence-corrected chi connectivity index (χ0v) is 18.0. The maximum Gasteiger partial charge on any atom is 0.262 e. The number of thioether (sulfide) groups is 1. The van der Waals surface area contributed by atoms with Crippen LogP contribution >= 0.6 is 11.8 Å². The van der Waals surface area contributed by atoms with Gasteiger partial charge in [0.2, 0.25) is 0 Å². The number of Topliss-reactive ketones (excluding diaryl/α,β-unsaturated/α-hetero) is 1. The summed E-state index contributed by atoms with van der Waals surface area (Å²) in [6.07, 6.45) is 3.18. The number of aromatic nitrogens is 2. The number of halogens is 1. The third kappa shape index (κ3) is 4.06. The van der Waals surface area contributed by atoms with Gasteiger partial charge in [-0.05, 0) is 54.7 Å². The molecule has 4 nitrogen and oxygen atoms in total. The van der Waals surface area contributed by atoms with Crippen LogP contribution in [0.2, 0.25) is 0 Å². The molecule has 1 aliphatic carbocycles. The minimum atomic E-state index is -0.371. The smallest absolute Gasteiger partial charge is 0.262 e. The highest BCUT2D eigenvalue weighted by Crippen LogP contribution is 2.38. The van der Waals surface area contributed by atoms with Gasteiger partial charge in [-0.15, -0.1) is 0 Å². The van der Waals surface area contributed by atoms with Crippen molar-refractivity contribution in [3.8, 4) is 0 Å². The fourth-order valence-electron chi connectivity index (χ4n) is 4.29. The predicted molar refractivity (Wildman–Crippen MR) is 119 cm³/mol. The van der Waals surface area contributed by atoms with E-state index in [4.69, 9.17) is 4.98 Å². The Balaban J connectivity index is 1.71. The molecule has 4 rings (SSSR count). The van der Waals surface area contributed by atoms with Crippen LogP contribution in [0.4, 0.5) is 4.39 Å². The molecular weight excluding hydrogens is 399 g/mol. The van der Waals surface area contributed by atoms with Gasteiger partial charge in [0.25, 0.3) is 5.56 Å². The van der Waals surface area contributed by atoms with E-state index in [9.17, 15) is 14.0 Å². The van der Waals surface area contributed by atoms with Crippen LogP contribution < -0.4 is 5.56 Å². The summed E-state index contributed by atoms with van der Waals surface area (Å²) in [5.41, 5.74) is 1.06. The van der Waals surface area contributed by atoms with E-state index in [1.165, 1.54) is 42.4 Å². The van der Waals surface area contributed by atoms with E-state index in [0.717, 1.165) is 12.8 Å². The minimum Gasteiger partial charge on any atom is -0.293 e. The summed E-state index contributed by atoms with van der Waals surface area (Å²) in [6, 6.07) is 13.0. The van der Waals surface area contributed by atoms with E-state index >= 15 is 0 Å². The van der Waals surface area contributed by atoms with Crippen molar-refractivity contribution < 1.29 is 9.18 Å². The largest absolute Gasteiger partial charge is 0.293 e. The van der Waals surface area contributed by atoms with Crippen LogP contribution in [0, 0.1) is 17.7 Å². The maximum absolute atomic E-state index is 13.4. The summed E-state index contributed by atoms with van der Waals surface area (Å²) in [4.78, 5) is 30.8. The number of carbonyl (C=O) groups excluding carboxylic acids is 1. The molecule has 3 atom stereocenters. The Labute approximate surface area is 179 Å². The molecule has 0 unspecified atom stereocenters. The molecule has 1 aromatic heterocycles. The zero-order valence-electron chi connectivity index (χ0n) is 17.2. The van der Waals surface area contributed by atoms with Crippen LogP contribution in [0.25, 0.3) is 10.9 Å². The van der Waals surface area contributed by atoms with Gasteiger partial charge in [-0.2, -0.15) is 0 Å². The van der Waals surface area contributed by atoms with Crippen molar-refractivity contribution in [1.29, 1.82) is 0 Å². The quantitative estimate of drug-likeness (QED) is 0.308. The second-order valence-corrected chi connectivity index (χ2v) is 9.08. The molecule has 0 N–H and O–H groups in total. The number of para-hydroxylation sites is 1. The first kappa shape index (κ1) is 20.8. The maximum atomic E-state index is 13.4. The van der Waals surface area contributed by atoms with Gasteiger partial charge in [-0.1, -0.05) is 50.6 Å². The first-order valence-electron chi connectivity index (χ1n) is 10.4. The van der Waals surface area contributed by atoms with Crippen LogP contribution in [0.3, 0.4) is 0 Å². The molecule has 30 heavy (non-hydrogen) atoms. The van der Waals surface area contributed by atoms with Crippen molar-refractivity contribution >= 4 is 28.4 Å². The lowest BCUT2D eigenvalue weighted by atomic mass is 9.78. The number of rotatable bonds is 5. The third-order valence-electron chi connectivity index (χ3n) is 6.27. The Kier molecular flexibility index (Phi) is 6.04. The van der Waals surface area contributed by atoms with Gasteiger partial charge in [0, 0.05) is 11.6 Å². The number of benzene rings is 2. The Morgan fingerprint density at radius 2 is 1.87 bits per heavy atom. The van der Waals surface area contributed by atoms with E-state index in [-0.39, 0.29) is 29.0 Å². The van der Waals surface area contributed by atoms with Crippen molar-refractivity contribution in [2.24, 2.45) is 11.8 Å². The molecule has 0 amide bonds. The van der Waals surface area contributed by atoms with Crippen molar-refractivity contribution in [2.45, 2.75) is 44.3 Å². The predicted octanol–water partition coefficient (Wildman–Crippen LogP) is 5.51.